The first kappa shape index (κ1) is 20.5. The molecule has 0 radical (unpaired) electrons. The van der Waals surface area contributed by atoms with Crippen LogP contribution >= 0.6 is 24.0 Å². The smallest absolute Gasteiger partial charge is 0.223 e. The predicted octanol–water partition coefficient (Wildman–Crippen LogP) is 1.03. The number of nitrogens with zero attached hydrogens (tertiary/aromatic N) is 2. The van der Waals surface area contributed by atoms with Crippen LogP contribution in [0.3, 0.4) is 0 Å². The summed E-state index contributed by atoms with van der Waals surface area (Å²) in [6, 6.07) is 0.532. The van der Waals surface area contributed by atoms with Crippen LogP contribution in [-0.2, 0) is 4.79 Å². The second kappa shape index (κ2) is 10.3. The lowest BCUT2D eigenvalue weighted by molar-refractivity contribution is -0.122. The average molecular weight is 437 g/mol. The molecule has 6 nitrogen and oxygen atoms in total. The molecule has 1 amide bonds. The van der Waals surface area contributed by atoms with Gasteiger partial charge in [-0.05, 0) is 52.6 Å². The van der Waals surface area contributed by atoms with Gasteiger partial charge >= 0.3 is 0 Å². The summed E-state index contributed by atoms with van der Waals surface area (Å²) in [7, 11) is 4.26. The Hall–Kier alpha value is -0.570. The predicted molar refractivity (Wildman–Crippen MR) is 105 cm³/mol. The molecule has 0 heterocycles. The minimum Gasteiger partial charge on any atom is -0.357 e. The topological polar surface area (TPSA) is 68.8 Å². The third-order valence-electron chi connectivity index (χ3n) is 4.27. The third-order valence-corrected chi connectivity index (χ3v) is 4.27. The molecule has 0 bridgehead atoms. The van der Waals surface area contributed by atoms with E-state index in [2.05, 4.69) is 41.9 Å². The van der Waals surface area contributed by atoms with Gasteiger partial charge in [-0.15, -0.1) is 24.0 Å². The Morgan fingerprint density at radius 2 is 1.78 bits per heavy atom. The highest BCUT2D eigenvalue weighted by molar-refractivity contribution is 14.0. The molecule has 0 aromatic carbocycles. The van der Waals surface area contributed by atoms with Crippen LogP contribution in [-0.4, -0.2) is 63.1 Å². The lowest BCUT2D eigenvalue weighted by Gasteiger charge is -2.23. The van der Waals surface area contributed by atoms with Crippen molar-refractivity contribution in [1.82, 2.24) is 20.9 Å². The maximum atomic E-state index is 11.6. The van der Waals surface area contributed by atoms with E-state index in [0.717, 1.165) is 37.8 Å². The Balaban J connectivity index is 0.00000264. The highest BCUT2D eigenvalue weighted by Crippen LogP contribution is 2.34. The van der Waals surface area contributed by atoms with E-state index in [9.17, 15) is 4.79 Å². The van der Waals surface area contributed by atoms with Gasteiger partial charge < -0.3 is 20.9 Å². The quantitative estimate of drug-likeness (QED) is 0.218. The molecule has 0 aromatic heterocycles. The van der Waals surface area contributed by atoms with Crippen molar-refractivity contribution in [2.75, 3.05) is 40.3 Å². The Kier molecular flexibility index (Phi) is 9.19. The molecule has 0 aromatic rings. The fourth-order valence-corrected chi connectivity index (χ4v) is 2.60. The van der Waals surface area contributed by atoms with Crippen molar-refractivity contribution in [3.8, 4) is 0 Å². The Labute approximate surface area is 157 Å². The number of carbonyl (C=O) groups excluding carboxylic acids is 1. The minimum absolute atomic E-state index is 0. The van der Waals surface area contributed by atoms with E-state index >= 15 is 0 Å². The molecule has 2 aliphatic rings. The Bertz CT molecular complexity index is 392. The van der Waals surface area contributed by atoms with Gasteiger partial charge in [0.2, 0.25) is 5.91 Å². The number of guanidine groups is 1. The summed E-state index contributed by atoms with van der Waals surface area (Å²) in [5.41, 5.74) is 0. The zero-order chi connectivity index (χ0) is 15.9. The first-order valence-corrected chi connectivity index (χ1v) is 8.58. The van der Waals surface area contributed by atoms with Gasteiger partial charge in [0, 0.05) is 31.6 Å². The van der Waals surface area contributed by atoms with Crippen molar-refractivity contribution < 1.29 is 4.79 Å². The van der Waals surface area contributed by atoms with Gasteiger partial charge in [-0.25, -0.2) is 0 Å². The standard InChI is InChI=1S/C16H31N5O.HI/c1-4-17-16(19-10-9-18-15(22)13-7-8-13)20-11-14(21(2)3)12-5-6-12;/h12-14H,4-11H2,1-3H3,(H,18,22)(H2,17,19,20);1H. The fraction of sp³-hybridized carbons (Fsp3) is 0.875. The first-order chi connectivity index (χ1) is 10.6. The van der Waals surface area contributed by atoms with E-state index in [1.807, 2.05) is 0 Å². The molecule has 1 unspecified atom stereocenters. The van der Waals surface area contributed by atoms with Gasteiger partial charge in [0.25, 0.3) is 0 Å². The van der Waals surface area contributed by atoms with E-state index in [1.54, 1.807) is 0 Å². The Morgan fingerprint density at radius 3 is 2.30 bits per heavy atom. The summed E-state index contributed by atoms with van der Waals surface area (Å²) in [6.07, 6.45) is 4.76. The molecular weight excluding hydrogens is 405 g/mol. The SMILES string of the molecule is CCNC(=NCC(C1CC1)N(C)C)NCCNC(=O)C1CC1.I. The molecule has 134 valence electrons. The third kappa shape index (κ3) is 7.69. The molecule has 7 heteroatoms. The van der Waals surface area contributed by atoms with Crippen molar-refractivity contribution in [1.29, 1.82) is 0 Å². The summed E-state index contributed by atoms with van der Waals surface area (Å²) in [5.74, 6) is 2.13. The highest BCUT2D eigenvalue weighted by Gasteiger charge is 2.32. The molecule has 1 atom stereocenters. The number of nitrogens with one attached hydrogen (secondary N) is 3. The second-order valence-electron chi connectivity index (χ2n) is 6.58. The number of rotatable bonds is 9. The molecule has 2 fully saturated rings. The van der Waals surface area contributed by atoms with Crippen molar-refractivity contribution in [2.45, 2.75) is 38.6 Å². The van der Waals surface area contributed by atoms with E-state index in [0.29, 0.717) is 19.1 Å². The van der Waals surface area contributed by atoms with Crippen LogP contribution in [0.15, 0.2) is 4.99 Å². The van der Waals surface area contributed by atoms with Gasteiger partial charge in [0.15, 0.2) is 5.96 Å². The van der Waals surface area contributed by atoms with Crippen LogP contribution in [0.25, 0.3) is 0 Å². The Morgan fingerprint density at radius 1 is 1.13 bits per heavy atom. The highest BCUT2D eigenvalue weighted by atomic mass is 127. The number of hydrogen-bond acceptors (Lipinski definition) is 3. The molecule has 2 saturated carbocycles. The molecule has 3 N–H and O–H groups in total. The number of carbonyl (C=O) groups is 1. The van der Waals surface area contributed by atoms with E-state index in [4.69, 9.17) is 4.99 Å². The zero-order valence-corrected chi connectivity index (χ0v) is 16.9. The summed E-state index contributed by atoms with van der Waals surface area (Å²) < 4.78 is 0. The molecular formula is C16H32IN5O. The van der Waals surface area contributed by atoms with Crippen LogP contribution in [0.5, 0.6) is 0 Å². The minimum atomic E-state index is 0. The summed E-state index contributed by atoms with van der Waals surface area (Å²) in [6.45, 7) is 5.09. The van der Waals surface area contributed by atoms with Gasteiger partial charge in [0.1, 0.15) is 0 Å². The van der Waals surface area contributed by atoms with Crippen LogP contribution in [0.4, 0.5) is 0 Å². The van der Waals surface area contributed by atoms with Crippen molar-refractivity contribution in [3.05, 3.63) is 0 Å². The van der Waals surface area contributed by atoms with E-state index < -0.39 is 0 Å². The summed E-state index contributed by atoms with van der Waals surface area (Å²) in [5, 5.41) is 9.52. The molecule has 2 aliphatic carbocycles. The van der Waals surface area contributed by atoms with Gasteiger partial charge in [-0.1, -0.05) is 0 Å². The van der Waals surface area contributed by atoms with Crippen molar-refractivity contribution in [3.63, 3.8) is 0 Å². The fourth-order valence-electron chi connectivity index (χ4n) is 2.60. The maximum absolute atomic E-state index is 11.6. The molecule has 0 aliphatic heterocycles. The lowest BCUT2D eigenvalue weighted by atomic mass is 10.2. The maximum Gasteiger partial charge on any atom is 0.223 e. The second-order valence-corrected chi connectivity index (χ2v) is 6.58. The van der Waals surface area contributed by atoms with Crippen molar-refractivity contribution >= 4 is 35.8 Å². The largest absolute Gasteiger partial charge is 0.357 e. The molecule has 0 spiro atoms. The van der Waals surface area contributed by atoms with E-state index in [-0.39, 0.29) is 35.8 Å². The van der Waals surface area contributed by atoms with Gasteiger partial charge in [-0.3, -0.25) is 9.79 Å². The molecule has 0 saturated heterocycles. The lowest BCUT2D eigenvalue weighted by Crippen LogP contribution is -2.43. The number of amides is 1. The normalized spacial score (nSPS) is 19.0. The molecule has 23 heavy (non-hydrogen) atoms. The van der Waals surface area contributed by atoms with Crippen LogP contribution in [0, 0.1) is 11.8 Å². The monoisotopic (exact) mass is 437 g/mol. The van der Waals surface area contributed by atoms with Crippen LogP contribution in [0.2, 0.25) is 0 Å². The summed E-state index contributed by atoms with van der Waals surface area (Å²) >= 11 is 0. The average Bonchev–Trinajstić information content (AvgIpc) is 3.35. The molecule has 2 rings (SSSR count). The number of hydrogen-bond donors (Lipinski definition) is 3. The van der Waals surface area contributed by atoms with E-state index in [1.165, 1.54) is 12.8 Å². The number of halogens is 1. The zero-order valence-electron chi connectivity index (χ0n) is 14.6. The van der Waals surface area contributed by atoms with Crippen LogP contribution < -0.4 is 16.0 Å². The van der Waals surface area contributed by atoms with Gasteiger partial charge in [-0.2, -0.15) is 0 Å². The van der Waals surface area contributed by atoms with Crippen molar-refractivity contribution in [2.24, 2.45) is 16.8 Å². The first-order valence-electron chi connectivity index (χ1n) is 8.58. The number of likely N-dealkylation sites (N-methyl/N-ethyl adjacent to an activating group) is 1. The van der Waals surface area contributed by atoms with Gasteiger partial charge in [0.05, 0.1) is 6.54 Å². The van der Waals surface area contributed by atoms with Crippen LogP contribution in [0.1, 0.15) is 32.6 Å². The summed E-state index contributed by atoms with van der Waals surface area (Å²) in [4.78, 5) is 18.5. The number of aliphatic imine (C=N–C) groups is 1.